The number of nitrogens with zero attached hydrogens (tertiary/aromatic N) is 2. The molecule has 1 aliphatic heterocycles. The average molecular weight is 190 g/mol. The van der Waals surface area contributed by atoms with Gasteiger partial charge in [-0.25, -0.2) is 0 Å². The molecule has 1 aromatic rings. The molecule has 0 unspecified atom stereocenters. The first kappa shape index (κ1) is 9.19. The van der Waals surface area contributed by atoms with Crippen molar-refractivity contribution in [1.29, 1.82) is 0 Å². The molecule has 1 aromatic heterocycles. The van der Waals surface area contributed by atoms with Crippen LogP contribution in [0.5, 0.6) is 0 Å². The molecule has 3 nitrogen and oxygen atoms in total. The van der Waals surface area contributed by atoms with Crippen LogP contribution in [0.3, 0.4) is 0 Å². The molecule has 1 atom stereocenters. The highest BCUT2D eigenvalue weighted by Gasteiger charge is 2.21. The fourth-order valence-electron chi connectivity index (χ4n) is 2.02. The van der Waals surface area contributed by atoms with Crippen molar-refractivity contribution in [3.05, 3.63) is 30.1 Å². The van der Waals surface area contributed by atoms with Gasteiger partial charge in [0.1, 0.15) is 0 Å². The zero-order valence-electron chi connectivity index (χ0n) is 8.10. The quantitative estimate of drug-likeness (QED) is 0.666. The molecule has 0 radical (unpaired) electrons. The van der Waals surface area contributed by atoms with Crippen molar-refractivity contribution in [1.82, 2.24) is 9.88 Å². The average Bonchev–Trinajstić information content (AvgIpc) is 2.30. The number of piperidine rings is 1. The lowest BCUT2D eigenvalue weighted by molar-refractivity contribution is -0.121. The summed E-state index contributed by atoms with van der Waals surface area (Å²) >= 11 is 0. The van der Waals surface area contributed by atoms with Crippen molar-refractivity contribution in [3.8, 4) is 0 Å². The van der Waals surface area contributed by atoms with E-state index in [4.69, 9.17) is 0 Å². The molecule has 1 saturated heterocycles. The van der Waals surface area contributed by atoms with Crippen molar-refractivity contribution in [2.45, 2.75) is 25.3 Å². The fraction of sp³-hybridized carbons (Fsp3) is 0.455. The molecule has 0 bridgehead atoms. The number of aromatic nitrogens is 1. The largest absolute Gasteiger partial charge is 0.338 e. The van der Waals surface area contributed by atoms with E-state index in [2.05, 4.69) is 4.98 Å². The predicted molar refractivity (Wildman–Crippen MR) is 53.6 cm³/mol. The van der Waals surface area contributed by atoms with Crippen LogP contribution in [0.2, 0.25) is 0 Å². The number of pyridine rings is 1. The van der Waals surface area contributed by atoms with Crippen LogP contribution >= 0.6 is 0 Å². The van der Waals surface area contributed by atoms with Crippen LogP contribution in [0.4, 0.5) is 0 Å². The summed E-state index contributed by atoms with van der Waals surface area (Å²) in [6.07, 6.45) is 7.94. The molecule has 2 rings (SSSR count). The standard InChI is InChI=1S/C11H14N2O/c14-9-13-8-2-1-3-11(13)10-4-6-12-7-5-10/h4-7,9,11H,1-3,8H2/t11-/m0/s1. The van der Waals surface area contributed by atoms with E-state index in [1.807, 2.05) is 17.0 Å². The smallest absolute Gasteiger partial charge is 0.210 e. The number of carbonyl (C=O) groups is 1. The Kier molecular flexibility index (Phi) is 2.77. The highest BCUT2D eigenvalue weighted by Crippen LogP contribution is 2.28. The number of amides is 1. The van der Waals surface area contributed by atoms with Crippen LogP contribution < -0.4 is 0 Å². The maximum absolute atomic E-state index is 10.9. The topological polar surface area (TPSA) is 33.2 Å². The van der Waals surface area contributed by atoms with Crippen molar-refractivity contribution in [2.75, 3.05) is 6.54 Å². The minimum Gasteiger partial charge on any atom is -0.338 e. The Morgan fingerprint density at radius 1 is 1.36 bits per heavy atom. The van der Waals surface area contributed by atoms with Crippen LogP contribution in [0.1, 0.15) is 30.9 Å². The lowest BCUT2D eigenvalue weighted by Gasteiger charge is -2.32. The second kappa shape index (κ2) is 4.22. The highest BCUT2D eigenvalue weighted by atomic mass is 16.1. The van der Waals surface area contributed by atoms with Crippen LogP contribution in [0.15, 0.2) is 24.5 Å². The van der Waals surface area contributed by atoms with E-state index in [-0.39, 0.29) is 6.04 Å². The third-order valence-electron chi connectivity index (χ3n) is 2.77. The predicted octanol–water partition coefficient (Wildman–Crippen LogP) is 1.76. The van der Waals surface area contributed by atoms with E-state index in [1.165, 1.54) is 12.0 Å². The number of hydrogen-bond donors (Lipinski definition) is 0. The van der Waals surface area contributed by atoms with Crippen LogP contribution in [-0.2, 0) is 4.79 Å². The second-order valence-corrected chi connectivity index (χ2v) is 3.64. The van der Waals surface area contributed by atoms with Crippen molar-refractivity contribution in [3.63, 3.8) is 0 Å². The Morgan fingerprint density at radius 2 is 2.14 bits per heavy atom. The SMILES string of the molecule is O=CN1CCCC[C@H]1c1ccncc1. The number of likely N-dealkylation sites (tertiary alicyclic amines) is 1. The van der Waals surface area contributed by atoms with Gasteiger partial charge in [0.25, 0.3) is 0 Å². The Balaban J connectivity index is 2.19. The zero-order chi connectivity index (χ0) is 9.80. The molecule has 74 valence electrons. The van der Waals surface area contributed by atoms with E-state index in [9.17, 15) is 4.79 Å². The lowest BCUT2D eigenvalue weighted by atomic mass is 9.97. The summed E-state index contributed by atoms with van der Waals surface area (Å²) in [6.45, 7) is 0.885. The first-order valence-electron chi connectivity index (χ1n) is 5.03. The van der Waals surface area contributed by atoms with Gasteiger partial charge in [0.2, 0.25) is 6.41 Å². The molecule has 1 aliphatic rings. The van der Waals surface area contributed by atoms with E-state index in [0.717, 1.165) is 25.8 Å². The highest BCUT2D eigenvalue weighted by molar-refractivity contribution is 5.49. The van der Waals surface area contributed by atoms with Crippen molar-refractivity contribution in [2.24, 2.45) is 0 Å². The number of rotatable bonds is 2. The molecule has 0 N–H and O–H groups in total. The summed E-state index contributed by atoms with van der Waals surface area (Å²) < 4.78 is 0. The van der Waals surface area contributed by atoms with Gasteiger partial charge in [-0.1, -0.05) is 0 Å². The first-order valence-corrected chi connectivity index (χ1v) is 5.03. The van der Waals surface area contributed by atoms with Gasteiger partial charge >= 0.3 is 0 Å². The molecule has 3 heteroatoms. The van der Waals surface area contributed by atoms with Crippen LogP contribution in [0.25, 0.3) is 0 Å². The molecular weight excluding hydrogens is 176 g/mol. The first-order chi connectivity index (χ1) is 6.92. The molecule has 0 aromatic carbocycles. The maximum atomic E-state index is 10.9. The molecule has 0 spiro atoms. The Labute approximate surface area is 83.8 Å². The molecule has 0 saturated carbocycles. The van der Waals surface area contributed by atoms with Crippen molar-refractivity contribution < 1.29 is 4.79 Å². The summed E-state index contributed by atoms with van der Waals surface area (Å²) in [5.41, 5.74) is 1.20. The zero-order valence-corrected chi connectivity index (χ0v) is 8.10. The fourth-order valence-corrected chi connectivity index (χ4v) is 2.02. The molecule has 1 amide bonds. The van der Waals surface area contributed by atoms with Gasteiger partial charge in [-0.3, -0.25) is 9.78 Å². The Morgan fingerprint density at radius 3 is 2.86 bits per heavy atom. The summed E-state index contributed by atoms with van der Waals surface area (Å²) in [7, 11) is 0. The lowest BCUT2D eigenvalue weighted by Crippen LogP contribution is -2.32. The van der Waals surface area contributed by atoms with E-state index in [1.54, 1.807) is 12.4 Å². The molecule has 1 fully saturated rings. The summed E-state index contributed by atoms with van der Waals surface area (Å²) in [4.78, 5) is 16.7. The van der Waals surface area contributed by atoms with E-state index >= 15 is 0 Å². The number of carbonyl (C=O) groups excluding carboxylic acids is 1. The normalized spacial score (nSPS) is 22.0. The minimum atomic E-state index is 0.268. The van der Waals surface area contributed by atoms with Gasteiger partial charge in [0.05, 0.1) is 6.04 Å². The third kappa shape index (κ3) is 1.76. The molecule has 14 heavy (non-hydrogen) atoms. The molecule has 2 heterocycles. The molecular formula is C11H14N2O. The van der Waals surface area contributed by atoms with Gasteiger partial charge in [0, 0.05) is 18.9 Å². The summed E-state index contributed by atoms with van der Waals surface area (Å²) in [5, 5.41) is 0. The van der Waals surface area contributed by atoms with Gasteiger partial charge in [-0.05, 0) is 37.0 Å². The van der Waals surface area contributed by atoms with Gasteiger partial charge in [0.15, 0.2) is 0 Å². The monoisotopic (exact) mass is 190 g/mol. The van der Waals surface area contributed by atoms with Crippen LogP contribution in [-0.4, -0.2) is 22.8 Å². The third-order valence-corrected chi connectivity index (χ3v) is 2.77. The van der Waals surface area contributed by atoms with Crippen molar-refractivity contribution >= 4 is 6.41 Å². The van der Waals surface area contributed by atoms with Gasteiger partial charge in [-0.15, -0.1) is 0 Å². The maximum Gasteiger partial charge on any atom is 0.210 e. The molecule has 0 aliphatic carbocycles. The van der Waals surface area contributed by atoms with E-state index in [0.29, 0.717) is 0 Å². The number of hydrogen-bond acceptors (Lipinski definition) is 2. The second-order valence-electron chi connectivity index (χ2n) is 3.64. The van der Waals surface area contributed by atoms with Crippen LogP contribution in [0, 0.1) is 0 Å². The van der Waals surface area contributed by atoms with Gasteiger partial charge < -0.3 is 4.90 Å². The van der Waals surface area contributed by atoms with Gasteiger partial charge in [-0.2, -0.15) is 0 Å². The Hall–Kier alpha value is -1.38. The minimum absolute atomic E-state index is 0.268. The Bertz CT molecular complexity index is 299. The summed E-state index contributed by atoms with van der Waals surface area (Å²) in [6, 6.07) is 4.25. The summed E-state index contributed by atoms with van der Waals surface area (Å²) in [5.74, 6) is 0. The van der Waals surface area contributed by atoms with E-state index < -0.39 is 0 Å².